The molecule has 0 aromatic heterocycles. The minimum atomic E-state index is -1.00. The molecule has 120 valence electrons. The summed E-state index contributed by atoms with van der Waals surface area (Å²) < 4.78 is 10.3. The number of aliphatic carboxylic acids is 1. The number of nitrogens with zero attached hydrogens (tertiary/aromatic N) is 1. The third-order valence-corrected chi connectivity index (χ3v) is 3.71. The van der Waals surface area contributed by atoms with Gasteiger partial charge in [0.15, 0.2) is 0 Å². The molecule has 6 nitrogen and oxygen atoms in total. The molecule has 0 aliphatic carbocycles. The van der Waals surface area contributed by atoms with E-state index in [2.05, 4.69) is 0 Å². The van der Waals surface area contributed by atoms with Gasteiger partial charge < -0.3 is 19.5 Å². The van der Waals surface area contributed by atoms with Crippen molar-refractivity contribution < 1.29 is 24.2 Å². The monoisotopic (exact) mass is 307 g/mol. The molecule has 0 unspecified atom stereocenters. The van der Waals surface area contributed by atoms with Crippen molar-refractivity contribution >= 4 is 11.9 Å². The lowest BCUT2D eigenvalue weighted by Gasteiger charge is -2.33. The topological polar surface area (TPSA) is 76.1 Å². The van der Waals surface area contributed by atoms with Crippen molar-refractivity contribution in [2.24, 2.45) is 0 Å². The van der Waals surface area contributed by atoms with Gasteiger partial charge in [-0.25, -0.2) is 0 Å². The zero-order valence-corrected chi connectivity index (χ0v) is 12.7. The van der Waals surface area contributed by atoms with E-state index in [-0.39, 0.29) is 18.5 Å². The number of carbonyl (C=O) groups is 2. The van der Waals surface area contributed by atoms with Crippen LogP contribution in [0, 0.1) is 0 Å². The number of carboxylic acids is 1. The third kappa shape index (κ3) is 4.29. The Labute approximate surface area is 129 Å². The average Bonchev–Trinajstić information content (AvgIpc) is 2.54. The summed E-state index contributed by atoms with van der Waals surface area (Å²) in [6, 6.07) is 6.98. The fourth-order valence-corrected chi connectivity index (χ4v) is 2.59. The van der Waals surface area contributed by atoms with Crippen LogP contribution >= 0.6 is 0 Å². The molecular weight excluding hydrogens is 286 g/mol. The summed E-state index contributed by atoms with van der Waals surface area (Å²) in [5.74, 6) is -1.26. The summed E-state index contributed by atoms with van der Waals surface area (Å²) in [6.45, 7) is 1.30. The van der Waals surface area contributed by atoms with E-state index in [1.54, 1.807) is 19.2 Å². The molecule has 1 saturated heterocycles. The molecule has 1 fully saturated rings. The molecule has 6 heteroatoms. The van der Waals surface area contributed by atoms with Crippen LogP contribution < -0.4 is 0 Å². The van der Waals surface area contributed by atoms with E-state index in [1.807, 2.05) is 12.1 Å². The minimum absolute atomic E-state index is 0.0870. The van der Waals surface area contributed by atoms with Gasteiger partial charge in [-0.05, 0) is 30.5 Å². The minimum Gasteiger partial charge on any atom is -0.480 e. The molecule has 0 radical (unpaired) electrons. The first-order valence-electron chi connectivity index (χ1n) is 7.30. The number of hydrogen-bond acceptors (Lipinski definition) is 4. The molecule has 1 aromatic rings. The van der Waals surface area contributed by atoms with Crippen LogP contribution in [0.25, 0.3) is 0 Å². The summed E-state index contributed by atoms with van der Waals surface area (Å²) in [6.07, 6.45) is 1.33. The highest BCUT2D eigenvalue weighted by atomic mass is 16.5. The Hall–Kier alpha value is -1.92. The maximum absolute atomic E-state index is 12.6. The van der Waals surface area contributed by atoms with Crippen molar-refractivity contribution in [2.45, 2.75) is 25.5 Å². The van der Waals surface area contributed by atoms with Crippen LogP contribution in [0.2, 0.25) is 0 Å². The van der Waals surface area contributed by atoms with Gasteiger partial charge >= 0.3 is 5.97 Å². The average molecular weight is 307 g/mol. The fourth-order valence-electron chi connectivity index (χ4n) is 2.59. The van der Waals surface area contributed by atoms with E-state index in [1.165, 1.54) is 4.90 Å². The normalized spacial score (nSPS) is 15.5. The van der Waals surface area contributed by atoms with Gasteiger partial charge in [-0.15, -0.1) is 0 Å². The van der Waals surface area contributed by atoms with Gasteiger partial charge in [0.25, 0.3) is 5.91 Å². The second kappa shape index (κ2) is 7.91. The SMILES string of the molecule is COCc1ccc(C(=O)N(CC(=O)O)C2CCOCC2)cc1. The maximum atomic E-state index is 12.6. The Morgan fingerprint density at radius 2 is 1.91 bits per heavy atom. The fraction of sp³-hybridized carbons (Fsp3) is 0.500. The molecule has 1 aliphatic rings. The first-order valence-corrected chi connectivity index (χ1v) is 7.30. The molecule has 1 N–H and O–H groups in total. The molecular formula is C16H21NO5. The molecule has 1 heterocycles. The summed E-state index contributed by atoms with van der Waals surface area (Å²) >= 11 is 0. The molecule has 22 heavy (non-hydrogen) atoms. The van der Waals surface area contributed by atoms with Crippen molar-refractivity contribution in [3.63, 3.8) is 0 Å². The van der Waals surface area contributed by atoms with E-state index in [0.29, 0.717) is 38.2 Å². The van der Waals surface area contributed by atoms with Gasteiger partial charge in [-0.1, -0.05) is 12.1 Å². The van der Waals surface area contributed by atoms with E-state index in [4.69, 9.17) is 14.6 Å². The molecule has 2 rings (SSSR count). The lowest BCUT2D eigenvalue weighted by Crippen LogP contribution is -2.46. The van der Waals surface area contributed by atoms with E-state index >= 15 is 0 Å². The highest BCUT2D eigenvalue weighted by Crippen LogP contribution is 2.18. The molecule has 0 atom stereocenters. The molecule has 0 spiro atoms. The Bertz CT molecular complexity index is 508. The Kier molecular flexibility index (Phi) is 5.91. The van der Waals surface area contributed by atoms with Gasteiger partial charge in [-0.2, -0.15) is 0 Å². The van der Waals surface area contributed by atoms with Crippen molar-refractivity contribution in [3.05, 3.63) is 35.4 Å². The number of rotatable bonds is 6. The van der Waals surface area contributed by atoms with Crippen LogP contribution in [-0.4, -0.2) is 54.8 Å². The number of carboxylic acid groups (broad SMARTS) is 1. The van der Waals surface area contributed by atoms with Crippen molar-refractivity contribution in [1.29, 1.82) is 0 Å². The quantitative estimate of drug-likeness (QED) is 0.862. The standard InChI is InChI=1S/C16H21NO5/c1-21-11-12-2-4-13(5-3-12)16(20)17(10-15(18)19)14-6-8-22-9-7-14/h2-5,14H,6-11H2,1H3,(H,18,19). The lowest BCUT2D eigenvalue weighted by molar-refractivity contribution is -0.138. The number of methoxy groups -OCH3 is 1. The zero-order chi connectivity index (χ0) is 15.9. The Morgan fingerprint density at radius 3 is 2.45 bits per heavy atom. The molecule has 1 aliphatic heterocycles. The predicted octanol–water partition coefficient (Wildman–Crippen LogP) is 1.54. The van der Waals surface area contributed by atoms with E-state index < -0.39 is 5.97 Å². The third-order valence-electron chi connectivity index (χ3n) is 3.71. The Balaban J connectivity index is 2.14. The van der Waals surface area contributed by atoms with Crippen LogP contribution in [0.1, 0.15) is 28.8 Å². The molecule has 0 saturated carbocycles. The van der Waals surface area contributed by atoms with Gasteiger partial charge in [0.05, 0.1) is 6.61 Å². The number of hydrogen-bond donors (Lipinski definition) is 1. The maximum Gasteiger partial charge on any atom is 0.323 e. The summed E-state index contributed by atoms with van der Waals surface area (Å²) in [4.78, 5) is 25.2. The lowest BCUT2D eigenvalue weighted by atomic mass is 10.0. The molecule has 0 bridgehead atoms. The predicted molar refractivity (Wildman–Crippen MR) is 79.7 cm³/mol. The summed E-state index contributed by atoms with van der Waals surface area (Å²) in [5.41, 5.74) is 1.46. The number of carbonyl (C=O) groups excluding carboxylic acids is 1. The van der Waals surface area contributed by atoms with Gasteiger partial charge in [0.1, 0.15) is 6.54 Å². The largest absolute Gasteiger partial charge is 0.480 e. The van der Waals surface area contributed by atoms with Crippen molar-refractivity contribution in [1.82, 2.24) is 4.90 Å². The van der Waals surface area contributed by atoms with Gasteiger partial charge in [-0.3, -0.25) is 9.59 Å². The van der Waals surface area contributed by atoms with Crippen LogP contribution in [-0.2, 0) is 20.9 Å². The van der Waals surface area contributed by atoms with Crippen LogP contribution in [0.5, 0.6) is 0 Å². The van der Waals surface area contributed by atoms with Crippen LogP contribution in [0.4, 0.5) is 0 Å². The first-order chi connectivity index (χ1) is 10.6. The number of amides is 1. The van der Waals surface area contributed by atoms with Gasteiger partial charge in [0, 0.05) is 31.9 Å². The second-order valence-electron chi connectivity index (χ2n) is 5.30. The second-order valence-corrected chi connectivity index (χ2v) is 5.30. The van der Waals surface area contributed by atoms with E-state index in [9.17, 15) is 9.59 Å². The van der Waals surface area contributed by atoms with Gasteiger partial charge in [0.2, 0.25) is 0 Å². The zero-order valence-electron chi connectivity index (χ0n) is 12.7. The Morgan fingerprint density at radius 1 is 1.27 bits per heavy atom. The number of benzene rings is 1. The van der Waals surface area contributed by atoms with Crippen LogP contribution in [0.3, 0.4) is 0 Å². The highest BCUT2D eigenvalue weighted by molar-refractivity contribution is 5.96. The first kappa shape index (κ1) is 16.5. The van der Waals surface area contributed by atoms with Crippen molar-refractivity contribution in [3.8, 4) is 0 Å². The summed E-state index contributed by atoms with van der Waals surface area (Å²) in [7, 11) is 1.61. The number of ether oxygens (including phenoxy) is 2. The van der Waals surface area contributed by atoms with E-state index in [0.717, 1.165) is 5.56 Å². The molecule has 1 amide bonds. The molecule has 1 aromatic carbocycles. The van der Waals surface area contributed by atoms with Crippen LogP contribution in [0.15, 0.2) is 24.3 Å². The smallest absolute Gasteiger partial charge is 0.323 e. The highest BCUT2D eigenvalue weighted by Gasteiger charge is 2.28. The van der Waals surface area contributed by atoms with Crippen molar-refractivity contribution in [2.75, 3.05) is 26.9 Å². The summed E-state index contributed by atoms with van der Waals surface area (Å²) in [5, 5.41) is 9.08.